The highest BCUT2D eigenvalue weighted by molar-refractivity contribution is 6.12. The summed E-state index contributed by atoms with van der Waals surface area (Å²) in [5, 5.41) is 1.90. The van der Waals surface area contributed by atoms with Gasteiger partial charge in [-0.25, -0.2) is 59.8 Å². The Labute approximate surface area is 408 Å². The Bertz CT molecular complexity index is 3640. The SMILES string of the molecule is Cc1nc(C)nc(-c2ccc(-n3c4ccc(-c5nc(-c6ccccc6)nc(-c6ccccc6)n5)cc4c4cc(-c5nc(-c6ccccc6)nc(-c6ccccc6)n5)ccc43)c(-c3nc(C)nc(C)n3)c2)n1. The van der Waals surface area contributed by atoms with Crippen LogP contribution < -0.4 is 0 Å². The Morgan fingerprint density at radius 3 is 0.915 bits per heavy atom. The molecule has 0 atom stereocenters. The van der Waals surface area contributed by atoms with Crippen LogP contribution in [-0.2, 0) is 0 Å². The molecule has 71 heavy (non-hydrogen) atoms. The number of benzene rings is 7. The number of rotatable bonds is 9. The second kappa shape index (κ2) is 17.8. The van der Waals surface area contributed by atoms with E-state index in [4.69, 9.17) is 49.8 Å². The summed E-state index contributed by atoms with van der Waals surface area (Å²) in [6.45, 7) is 7.50. The minimum absolute atomic E-state index is 0.525. The molecule has 12 rings (SSSR count). The summed E-state index contributed by atoms with van der Waals surface area (Å²) in [6.07, 6.45) is 0. The van der Waals surface area contributed by atoms with Crippen LogP contribution in [0, 0.1) is 27.7 Å². The molecule has 0 spiro atoms. The third-order valence-electron chi connectivity index (χ3n) is 12.1. The maximum absolute atomic E-state index is 5.12. The van der Waals surface area contributed by atoms with Crippen molar-refractivity contribution >= 4 is 21.8 Å². The van der Waals surface area contributed by atoms with E-state index < -0.39 is 0 Å². The first-order valence-electron chi connectivity index (χ1n) is 23.1. The summed E-state index contributed by atoms with van der Waals surface area (Å²) in [4.78, 5) is 58.7. The molecule has 5 heterocycles. The number of fused-ring (bicyclic) bond motifs is 3. The van der Waals surface area contributed by atoms with E-state index in [1.165, 1.54) is 0 Å². The molecule has 0 aliphatic rings. The lowest BCUT2D eigenvalue weighted by Gasteiger charge is -2.15. The van der Waals surface area contributed by atoms with Gasteiger partial charge in [0.15, 0.2) is 46.6 Å². The lowest BCUT2D eigenvalue weighted by Crippen LogP contribution is -2.05. The third kappa shape index (κ3) is 8.31. The molecule has 7 aromatic carbocycles. The topological polar surface area (TPSA) is 160 Å². The third-order valence-corrected chi connectivity index (χ3v) is 12.1. The van der Waals surface area contributed by atoms with E-state index in [0.29, 0.717) is 69.9 Å². The van der Waals surface area contributed by atoms with Crippen molar-refractivity contribution in [2.45, 2.75) is 27.7 Å². The average molecular weight is 920 g/mol. The van der Waals surface area contributed by atoms with Gasteiger partial charge in [0.2, 0.25) is 0 Å². The second-order valence-corrected chi connectivity index (χ2v) is 17.1. The van der Waals surface area contributed by atoms with E-state index in [0.717, 1.165) is 72.0 Å². The Balaban J connectivity index is 1.12. The Morgan fingerprint density at radius 2 is 0.549 bits per heavy atom. The van der Waals surface area contributed by atoms with Gasteiger partial charge in [0.05, 0.1) is 16.7 Å². The first kappa shape index (κ1) is 42.7. The van der Waals surface area contributed by atoms with Crippen LogP contribution in [0.3, 0.4) is 0 Å². The van der Waals surface area contributed by atoms with Gasteiger partial charge >= 0.3 is 0 Å². The second-order valence-electron chi connectivity index (χ2n) is 17.1. The molecule has 0 saturated carbocycles. The molecule has 0 radical (unpaired) electrons. The normalized spacial score (nSPS) is 11.4. The van der Waals surface area contributed by atoms with E-state index in [9.17, 15) is 0 Å². The maximum atomic E-state index is 5.12. The van der Waals surface area contributed by atoms with Crippen LogP contribution in [0.1, 0.15) is 23.3 Å². The van der Waals surface area contributed by atoms with Gasteiger partial charge in [0.25, 0.3) is 0 Å². The van der Waals surface area contributed by atoms with E-state index in [1.807, 2.05) is 155 Å². The number of hydrogen-bond acceptors (Lipinski definition) is 12. The van der Waals surface area contributed by atoms with Crippen molar-refractivity contribution in [3.05, 3.63) is 199 Å². The first-order valence-corrected chi connectivity index (χ1v) is 23.1. The molecule has 338 valence electrons. The predicted molar refractivity (Wildman–Crippen MR) is 277 cm³/mol. The van der Waals surface area contributed by atoms with Crippen molar-refractivity contribution in [3.8, 4) is 96.8 Å². The van der Waals surface area contributed by atoms with Gasteiger partial charge in [0, 0.05) is 55.3 Å². The monoisotopic (exact) mass is 919 g/mol. The molecular weight excluding hydrogens is 879 g/mol. The van der Waals surface area contributed by atoms with E-state index in [1.54, 1.807) is 0 Å². The van der Waals surface area contributed by atoms with Crippen molar-refractivity contribution in [2.24, 2.45) is 0 Å². The molecule has 13 nitrogen and oxygen atoms in total. The molecule has 0 N–H and O–H groups in total. The number of nitrogens with zero attached hydrogens (tertiary/aromatic N) is 13. The molecule has 0 unspecified atom stereocenters. The van der Waals surface area contributed by atoms with E-state index in [-0.39, 0.29) is 0 Å². The highest BCUT2D eigenvalue weighted by Crippen LogP contribution is 2.40. The van der Waals surface area contributed by atoms with Crippen molar-refractivity contribution < 1.29 is 0 Å². The largest absolute Gasteiger partial charge is 0.308 e. The lowest BCUT2D eigenvalue weighted by atomic mass is 10.1. The first-order chi connectivity index (χ1) is 34.8. The van der Waals surface area contributed by atoms with Crippen LogP contribution in [0.4, 0.5) is 0 Å². The number of hydrogen-bond donors (Lipinski definition) is 0. The lowest BCUT2D eigenvalue weighted by molar-refractivity contribution is 0.924. The molecule has 0 aliphatic carbocycles. The van der Waals surface area contributed by atoms with Gasteiger partial charge < -0.3 is 4.57 Å². The molecule has 13 heteroatoms. The van der Waals surface area contributed by atoms with Crippen molar-refractivity contribution in [1.29, 1.82) is 0 Å². The summed E-state index contributed by atoms with van der Waals surface area (Å²) < 4.78 is 2.26. The van der Waals surface area contributed by atoms with E-state index in [2.05, 4.69) is 63.1 Å². The van der Waals surface area contributed by atoms with E-state index >= 15 is 0 Å². The predicted octanol–water partition coefficient (Wildman–Crippen LogP) is 12.1. The fourth-order valence-electron chi connectivity index (χ4n) is 8.97. The van der Waals surface area contributed by atoms with Crippen LogP contribution >= 0.6 is 0 Å². The van der Waals surface area contributed by atoms with Gasteiger partial charge in [-0.05, 0) is 82.3 Å². The minimum atomic E-state index is 0.525. The van der Waals surface area contributed by atoms with Gasteiger partial charge in [-0.2, -0.15) is 0 Å². The zero-order valence-electron chi connectivity index (χ0n) is 39.1. The van der Waals surface area contributed by atoms with Crippen LogP contribution in [-0.4, -0.2) is 64.4 Å². The Hall–Kier alpha value is -9.62. The highest BCUT2D eigenvalue weighted by Gasteiger charge is 2.23. The molecule has 12 aromatic rings. The molecule has 0 fully saturated rings. The summed E-state index contributed by atoms with van der Waals surface area (Å²) in [5.41, 5.74) is 9.46. The zero-order chi connectivity index (χ0) is 48.0. The zero-order valence-corrected chi connectivity index (χ0v) is 39.1. The fraction of sp³-hybridized carbons (Fsp3) is 0.0690. The molecule has 0 aliphatic heterocycles. The van der Waals surface area contributed by atoms with Crippen molar-refractivity contribution in [1.82, 2.24) is 64.4 Å². The summed E-state index contributed by atoms with van der Waals surface area (Å²) in [7, 11) is 0. The van der Waals surface area contributed by atoms with Crippen LogP contribution in [0.25, 0.3) is 119 Å². The number of aromatic nitrogens is 13. The maximum Gasteiger partial charge on any atom is 0.165 e. The fourth-order valence-corrected chi connectivity index (χ4v) is 8.97. The summed E-state index contributed by atoms with van der Waals surface area (Å²) in [6, 6.07) is 58.9. The van der Waals surface area contributed by atoms with Crippen molar-refractivity contribution in [2.75, 3.05) is 0 Å². The van der Waals surface area contributed by atoms with Crippen LogP contribution in [0.5, 0.6) is 0 Å². The minimum Gasteiger partial charge on any atom is -0.308 e. The quantitative estimate of drug-likeness (QED) is 0.135. The van der Waals surface area contributed by atoms with Gasteiger partial charge in [0.1, 0.15) is 23.3 Å². The van der Waals surface area contributed by atoms with Crippen LogP contribution in [0.2, 0.25) is 0 Å². The molecule has 0 saturated heterocycles. The van der Waals surface area contributed by atoms with Gasteiger partial charge in [-0.15, -0.1) is 0 Å². The van der Waals surface area contributed by atoms with Crippen molar-refractivity contribution in [3.63, 3.8) is 0 Å². The molecule has 5 aromatic heterocycles. The standard InChI is InChI=1S/C58H41N13/c1-34-59-35(2)62-55(61-34)44-27-30-50(47(33-44)58-63-36(3)60-37(4)64-58)71-48-28-25-42(56-67-51(38-17-9-5-10-18-38)65-52(68-56)39-19-11-6-12-20-39)31-45(48)46-32-43(26-29-49(46)71)57-69-53(40-21-13-7-14-22-40)66-54(70-57)41-23-15-8-16-24-41/h5-33H,1-4H3. The Kier molecular flexibility index (Phi) is 10.7. The molecule has 0 amide bonds. The average Bonchev–Trinajstić information content (AvgIpc) is 3.73. The smallest absolute Gasteiger partial charge is 0.165 e. The summed E-state index contributed by atoms with van der Waals surface area (Å²) in [5.74, 6) is 6.96. The molecule has 0 bridgehead atoms. The Morgan fingerprint density at radius 1 is 0.254 bits per heavy atom. The van der Waals surface area contributed by atoms with Gasteiger partial charge in [-0.3, -0.25) is 0 Å². The summed E-state index contributed by atoms with van der Waals surface area (Å²) >= 11 is 0. The molecular formula is C58H41N13. The van der Waals surface area contributed by atoms with Gasteiger partial charge in [-0.1, -0.05) is 121 Å². The highest BCUT2D eigenvalue weighted by atomic mass is 15.1. The van der Waals surface area contributed by atoms with Crippen LogP contribution in [0.15, 0.2) is 176 Å². The number of aryl methyl sites for hydroxylation is 4.